The minimum atomic E-state index is -0.737. The first kappa shape index (κ1) is 19.1. The first-order chi connectivity index (χ1) is 12.0. The van der Waals surface area contributed by atoms with Crippen LogP contribution < -0.4 is 20.3 Å². The maximum Gasteiger partial charge on any atom is 0.346 e. The Hall–Kier alpha value is -2.25. The number of anilines is 1. The number of methoxy groups -OCH3 is 2. The predicted octanol–water partition coefficient (Wildman–Crippen LogP) is 3.51. The molecule has 0 radical (unpaired) electrons. The van der Waals surface area contributed by atoms with Gasteiger partial charge in [-0.3, -0.25) is 0 Å². The van der Waals surface area contributed by atoms with E-state index in [1.165, 1.54) is 7.11 Å². The van der Waals surface area contributed by atoms with Crippen molar-refractivity contribution in [2.75, 3.05) is 19.6 Å². The van der Waals surface area contributed by atoms with E-state index in [-0.39, 0.29) is 0 Å². The molecule has 7 heteroatoms. The van der Waals surface area contributed by atoms with E-state index in [4.69, 9.17) is 9.47 Å². The molecular weight excluding hydrogens is 388 g/mol. The van der Waals surface area contributed by atoms with Gasteiger partial charge in [-0.2, -0.15) is 0 Å². The molecule has 0 heterocycles. The number of carbonyl (C=O) groups is 1. The smallest absolute Gasteiger partial charge is 0.346 e. The van der Waals surface area contributed by atoms with E-state index in [1.807, 2.05) is 42.5 Å². The van der Waals surface area contributed by atoms with E-state index in [9.17, 15) is 4.79 Å². The molecule has 25 heavy (non-hydrogen) atoms. The largest absolute Gasteiger partial charge is 0.493 e. The van der Waals surface area contributed by atoms with Gasteiger partial charge >= 0.3 is 5.97 Å². The van der Waals surface area contributed by atoms with Crippen molar-refractivity contribution in [3.63, 3.8) is 0 Å². The summed E-state index contributed by atoms with van der Waals surface area (Å²) in [6.45, 7) is 2.19. The quantitative estimate of drug-likeness (QED) is 0.514. The van der Waals surface area contributed by atoms with Crippen molar-refractivity contribution in [1.29, 1.82) is 0 Å². The number of benzene rings is 2. The van der Waals surface area contributed by atoms with E-state index in [1.54, 1.807) is 14.0 Å². The van der Waals surface area contributed by atoms with Crippen LogP contribution in [0.3, 0.4) is 0 Å². The third-order valence-electron chi connectivity index (χ3n) is 3.42. The molecule has 0 aliphatic carbocycles. The zero-order chi connectivity index (χ0) is 18.2. The Morgan fingerprint density at radius 1 is 1.20 bits per heavy atom. The zero-order valence-corrected chi connectivity index (χ0v) is 15.9. The van der Waals surface area contributed by atoms with Crippen LogP contribution in [0.4, 0.5) is 5.69 Å². The molecule has 0 saturated carbocycles. The van der Waals surface area contributed by atoms with Gasteiger partial charge in [0.1, 0.15) is 0 Å². The third kappa shape index (κ3) is 5.37. The van der Waals surface area contributed by atoms with Gasteiger partial charge in [0.05, 0.1) is 18.7 Å². The summed E-state index contributed by atoms with van der Waals surface area (Å²) in [6.07, 6.45) is -0.737. The number of halogens is 1. The number of hydrazine groups is 1. The lowest BCUT2D eigenvalue weighted by Crippen LogP contribution is -2.25. The molecule has 2 N–H and O–H groups in total. The van der Waals surface area contributed by atoms with Crippen LogP contribution in [0.25, 0.3) is 0 Å². The van der Waals surface area contributed by atoms with Crippen LogP contribution in [0, 0.1) is 0 Å². The monoisotopic (exact) mass is 408 g/mol. The van der Waals surface area contributed by atoms with Crippen LogP contribution >= 0.6 is 15.9 Å². The maximum atomic E-state index is 11.5. The second-order valence-corrected chi connectivity index (χ2v) is 6.09. The lowest BCUT2D eigenvalue weighted by atomic mass is 10.2. The molecule has 0 aromatic heterocycles. The van der Waals surface area contributed by atoms with Gasteiger partial charge in [0.15, 0.2) is 17.6 Å². The fourth-order valence-electron chi connectivity index (χ4n) is 2.15. The van der Waals surface area contributed by atoms with Gasteiger partial charge in [0.25, 0.3) is 0 Å². The van der Waals surface area contributed by atoms with Crippen molar-refractivity contribution in [2.45, 2.75) is 19.6 Å². The van der Waals surface area contributed by atoms with E-state index < -0.39 is 12.1 Å². The number of para-hydroxylation sites is 1. The van der Waals surface area contributed by atoms with Crippen molar-refractivity contribution in [1.82, 2.24) is 5.43 Å². The van der Waals surface area contributed by atoms with Crippen molar-refractivity contribution in [3.8, 4) is 11.5 Å². The van der Waals surface area contributed by atoms with Crippen molar-refractivity contribution in [2.24, 2.45) is 0 Å². The molecule has 2 rings (SSSR count). The fourth-order valence-corrected chi connectivity index (χ4v) is 2.73. The molecule has 2 aromatic rings. The summed E-state index contributed by atoms with van der Waals surface area (Å²) in [5.74, 6) is 0.536. The maximum absolute atomic E-state index is 11.5. The average Bonchev–Trinajstić information content (AvgIpc) is 2.63. The molecular formula is C18H21BrN2O4. The van der Waals surface area contributed by atoms with Gasteiger partial charge in [0, 0.05) is 12.2 Å². The molecule has 0 fully saturated rings. The highest BCUT2D eigenvalue weighted by molar-refractivity contribution is 9.10. The molecule has 0 saturated heterocycles. The first-order valence-electron chi connectivity index (χ1n) is 7.70. The van der Waals surface area contributed by atoms with Gasteiger partial charge in [0.2, 0.25) is 0 Å². The highest BCUT2D eigenvalue weighted by Crippen LogP contribution is 2.37. The molecule has 6 nitrogen and oxygen atoms in total. The molecule has 1 atom stereocenters. The normalized spacial score (nSPS) is 11.5. The molecule has 0 aliphatic rings. The Labute approximate surface area is 155 Å². The van der Waals surface area contributed by atoms with Crippen molar-refractivity contribution < 1.29 is 19.0 Å². The number of hydrogen-bond acceptors (Lipinski definition) is 6. The lowest BCUT2D eigenvalue weighted by molar-refractivity contribution is -0.147. The van der Waals surface area contributed by atoms with Crippen LogP contribution in [-0.2, 0) is 16.1 Å². The summed E-state index contributed by atoms with van der Waals surface area (Å²) in [4.78, 5) is 11.5. The molecule has 134 valence electrons. The predicted molar refractivity (Wildman–Crippen MR) is 99.7 cm³/mol. The summed E-state index contributed by atoms with van der Waals surface area (Å²) in [6, 6.07) is 13.6. The molecule has 0 aliphatic heterocycles. The third-order valence-corrected chi connectivity index (χ3v) is 4.01. The second kappa shape index (κ2) is 9.29. The Kier molecular flexibility index (Phi) is 7.09. The summed E-state index contributed by atoms with van der Waals surface area (Å²) < 4.78 is 16.4. The van der Waals surface area contributed by atoms with E-state index >= 15 is 0 Å². The van der Waals surface area contributed by atoms with Crippen molar-refractivity contribution in [3.05, 3.63) is 52.5 Å². The van der Waals surface area contributed by atoms with Gasteiger partial charge in [-0.15, -0.1) is 0 Å². The Balaban J connectivity index is 2.06. The Bertz CT molecular complexity index is 710. The first-order valence-corrected chi connectivity index (χ1v) is 8.49. The van der Waals surface area contributed by atoms with Crippen LogP contribution in [0.2, 0.25) is 0 Å². The molecule has 2 aromatic carbocycles. The highest BCUT2D eigenvalue weighted by atomic mass is 79.9. The van der Waals surface area contributed by atoms with Gasteiger partial charge < -0.3 is 19.6 Å². The SMILES string of the molecule is COC(=O)C(C)Oc1c(Br)cc(CNNc2ccccc2)cc1OC. The van der Waals surface area contributed by atoms with E-state index in [0.717, 1.165) is 11.3 Å². The number of esters is 1. The standard InChI is InChI=1S/C18H21BrN2O4/c1-12(18(22)24-3)25-17-15(19)9-13(10-16(17)23-2)11-20-21-14-7-5-4-6-8-14/h4-10,12,20-21H,11H2,1-3H3. The lowest BCUT2D eigenvalue weighted by Gasteiger charge is -2.18. The molecule has 0 amide bonds. The second-order valence-electron chi connectivity index (χ2n) is 5.24. The number of nitrogens with one attached hydrogen (secondary N) is 2. The van der Waals surface area contributed by atoms with Crippen LogP contribution in [0.15, 0.2) is 46.9 Å². The topological polar surface area (TPSA) is 68.8 Å². The number of ether oxygens (including phenoxy) is 3. The van der Waals surface area contributed by atoms with E-state index in [2.05, 4.69) is 31.5 Å². The summed E-state index contributed by atoms with van der Waals surface area (Å²) >= 11 is 3.47. The summed E-state index contributed by atoms with van der Waals surface area (Å²) in [5, 5.41) is 0. The number of hydrogen-bond donors (Lipinski definition) is 2. The fraction of sp³-hybridized carbons (Fsp3) is 0.278. The van der Waals surface area contributed by atoms with Crippen LogP contribution in [-0.4, -0.2) is 26.3 Å². The highest BCUT2D eigenvalue weighted by Gasteiger charge is 2.20. The average molecular weight is 409 g/mol. The molecule has 1 unspecified atom stereocenters. The van der Waals surface area contributed by atoms with Crippen LogP contribution in [0.5, 0.6) is 11.5 Å². The number of rotatable bonds is 8. The van der Waals surface area contributed by atoms with Gasteiger partial charge in [-0.05, 0) is 52.7 Å². The Morgan fingerprint density at radius 2 is 1.92 bits per heavy atom. The number of carbonyl (C=O) groups excluding carboxylic acids is 1. The van der Waals surface area contributed by atoms with Crippen LogP contribution in [0.1, 0.15) is 12.5 Å². The molecule has 0 bridgehead atoms. The van der Waals surface area contributed by atoms with Gasteiger partial charge in [-0.1, -0.05) is 18.2 Å². The minimum Gasteiger partial charge on any atom is -0.493 e. The van der Waals surface area contributed by atoms with Gasteiger partial charge in [-0.25, -0.2) is 10.2 Å². The summed E-state index contributed by atoms with van der Waals surface area (Å²) in [7, 11) is 2.87. The zero-order valence-electron chi connectivity index (χ0n) is 14.3. The van der Waals surface area contributed by atoms with E-state index in [0.29, 0.717) is 22.5 Å². The molecule has 0 spiro atoms. The Morgan fingerprint density at radius 3 is 2.56 bits per heavy atom. The summed E-state index contributed by atoms with van der Waals surface area (Å²) in [5.41, 5.74) is 8.21. The van der Waals surface area contributed by atoms with Crippen molar-refractivity contribution >= 4 is 27.6 Å². The minimum absolute atomic E-state index is 0.452.